The molecule has 0 radical (unpaired) electrons. The van der Waals surface area contributed by atoms with Crippen LogP contribution in [0.15, 0.2) is 17.2 Å². The molecule has 0 aliphatic rings. The van der Waals surface area contributed by atoms with Gasteiger partial charge in [-0.05, 0) is 25.0 Å². The van der Waals surface area contributed by atoms with Gasteiger partial charge >= 0.3 is 0 Å². The zero-order chi connectivity index (χ0) is 19.8. The van der Waals surface area contributed by atoms with Crippen molar-refractivity contribution in [1.29, 1.82) is 0 Å². The first-order valence-electron chi connectivity index (χ1n) is 8.51. The number of rotatable bonds is 9. The van der Waals surface area contributed by atoms with Gasteiger partial charge in [-0.25, -0.2) is 10.4 Å². The molecule has 0 fully saturated rings. The first kappa shape index (κ1) is 20.5. The molecule has 2 rings (SSSR count). The fourth-order valence-electron chi connectivity index (χ4n) is 2.32. The molecule has 1 heterocycles. The number of carbonyl (C=O) groups excluding carboxylic acids is 1. The van der Waals surface area contributed by atoms with Gasteiger partial charge in [0.1, 0.15) is 4.88 Å². The monoisotopic (exact) mass is 392 g/mol. The van der Waals surface area contributed by atoms with Crippen LogP contribution in [-0.2, 0) is 6.42 Å². The van der Waals surface area contributed by atoms with E-state index in [9.17, 15) is 4.79 Å². The third-order valence-electron chi connectivity index (χ3n) is 3.57. The predicted octanol–water partition coefficient (Wildman–Crippen LogP) is 2.86. The number of hydrazone groups is 1. The van der Waals surface area contributed by atoms with Crippen LogP contribution in [-0.4, -0.2) is 37.9 Å². The van der Waals surface area contributed by atoms with Crippen molar-refractivity contribution < 1.29 is 19.0 Å². The Labute approximate surface area is 162 Å². The summed E-state index contributed by atoms with van der Waals surface area (Å²) in [6.45, 7) is 4.48. The van der Waals surface area contributed by atoms with Crippen molar-refractivity contribution in [1.82, 2.24) is 10.4 Å². The Kier molecular flexibility index (Phi) is 7.42. The number of ether oxygens (including phenoxy) is 3. The van der Waals surface area contributed by atoms with Gasteiger partial charge in [0.25, 0.3) is 5.91 Å². The van der Waals surface area contributed by atoms with Crippen LogP contribution in [0.25, 0.3) is 0 Å². The molecule has 0 saturated carbocycles. The second-order valence-corrected chi connectivity index (χ2v) is 6.51. The lowest BCUT2D eigenvalue weighted by Gasteiger charge is -2.14. The quantitative estimate of drug-likeness (QED) is 0.502. The van der Waals surface area contributed by atoms with E-state index in [2.05, 4.69) is 15.5 Å². The SMILES string of the molecule is CCCOc1c(OC)cc(/C=N\NC(=O)c2sc(N)nc2CC)cc1OC. The number of aromatic nitrogens is 1. The molecule has 1 aromatic carbocycles. The summed E-state index contributed by atoms with van der Waals surface area (Å²) >= 11 is 1.14. The average Bonchev–Trinajstić information content (AvgIpc) is 3.06. The number of amides is 1. The van der Waals surface area contributed by atoms with Crippen LogP contribution in [0.1, 0.15) is 41.2 Å². The van der Waals surface area contributed by atoms with Crippen molar-refractivity contribution in [3.8, 4) is 17.2 Å². The van der Waals surface area contributed by atoms with Gasteiger partial charge in [0.05, 0.1) is 32.7 Å². The highest BCUT2D eigenvalue weighted by molar-refractivity contribution is 7.17. The molecule has 1 amide bonds. The summed E-state index contributed by atoms with van der Waals surface area (Å²) in [4.78, 5) is 16.9. The van der Waals surface area contributed by atoms with E-state index in [0.717, 1.165) is 17.8 Å². The highest BCUT2D eigenvalue weighted by atomic mass is 32.1. The van der Waals surface area contributed by atoms with Crippen molar-refractivity contribution in [2.24, 2.45) is 5.10 Å². The zero-order valence-electron chi connectivity index (χ0n) is 15.9. The molecule has 0 bridgehead atoms. The number of nitrogens with one attached hydrogen (secondary N) is 1. The fraction of sp³-hybridized carbons (Fsp3) is 0.389. The van der Waals surface area contributed by atoms with E-state index in [1.54, 1.807) is 26.4 Å². The number of hydrogen-bond acceptors (Lipinski definition) is 8. The molecule has 0 aliphatic carbocycles. The Morgan fingerprint density at radius 2 is 1.96 bits per heavy atom. The maximum Gasteiger partial charge on any atom is 0.283 e. The smallest absolute Gasteiger partial charge is 0.283 e. The number of aryl methyl sites for hydroxylation is 1. The highest BCUT2D eigenvalue weighted by Gasteiger charge is 2.16. The van der Waals surface area contributed by atoms with Gasteiger partial charge in [-0.2, -0.15) is 5.10 Å². The molecule has 0 unspecified atom stereocenters. The van der Waals surface area contributed by atoms with E-state index in [0.29, 0.717) is 51.5 Å². The first-order chi connectivity index (χ1) is 13.0. The number of thiazole rings is 1. The van der Waals surface area contributed by atoms with E-state index >= 15 is 0 Å². The molecule has 0 spiro atoms. The summed E-state index contributed by atoms with van der Waals surface area (Å²) in [6.07, 6.45) is 2.99. The minimum Gasteiger partial charge on any atom is -0.493 e. The van der Waals surface area contributed by atoms with Crippen LogP contribution in [0.4, 0.5) is 5.13 Å². The number of methoxy groups -OCH3 is 2. The third-order valence-corrected chi connectivity index (χ3v) is 4.49. The van der Waals surface area contributed by atoms with Gasteiger partial charge in [0.2, 0.25) is 5.75 Å². The average molecular weight is 392 g/mol. The highest BCUT2D eigenvalue weighted by Crippen LogP contribution is 2.38. The molecule has 0 saturated heterocycles. The lowest BCUT2D eigenvalue weighted by Crippen LogP contribution is -2.17. The number of benzene rings is 1. The third kappa shape index (κ3) is 5.10. The van der Waals surface area contributed by atoms with Crippen LogP contribution in [0.2, 0.25) is 0 Å². The molecule has 0 atom stereocenters. The number of anilines is 1. The van der Waals surface area contributed by atoms with Crippen molar-refractivity contribution in [3.63, 3.8) is 0 Å². The summed E-state index contributed by atoms with van der Waals surface area (Å²) in [6, 6.07) is 3.51. The summed E-state index contributed by atoms with van der Waals surface area (Å²) in [7, 11) is 3.10. The summed E-state index contributed by atoms with van der Waals surface area (Å²) in [5, 5.41) is 4.37. The molecule has 1 aromatic heterocycles. The number of hydrogen-bond donors (Lipinski definition) is 2. The minimum absolute atomic E-state index is 0.348. The van der Waals surface area contributed by atoms with Crippen molar-refractivity contribution in [2.45, 2.75) is 26.7 Å². The predicted molar refractivity (Wildman–Crippen MR) is 106 cm³/mol. The number of nitrogen functional groups attached to an aromatic ring is 1. The number of nitrogens with zero attached hydrogens (tertiary/aromatic N) is 2. The van der Waals surface area contributed by atoms with Crippen LogP contribution < -0.4 is 25.4 Å². The van der Waals surface area contributed by atoms with Gasteiger partial charge < -0.3 is 19.9 Å². The lowest BCUT2D eigenvalue weighted by molar-refractivity contribution is 0.0958. The maximum atomic E-state index is 12.3. The Morgan fingerprint density at radius 3 is 2.52 bits per heavy atom. The van der Waals surface area contributed by atoms with Crippen LogP contribution in [0, 0.1) is 0 Å². The molecular weight excluding hydrogens is 368 g/mol. The van der Waals surface area contributed by atoms with Crippen molar-refractivity contribution in [2.75, 3.05) is 26.6 Å². The lowest BCUT2D eigenvalue weighted by atomic mass is 10.2. The summed E-state index contributed by atoms with van der Waals surface area (Å²) in [5.41, 5.74) is 9.51. The van der Waals surface area contributed by atoms with Crippen molar-refractivity contribution >= 4 is 28.6 Å². The first-order valence-corrected chi connectivity index (χ1v) is 9.33. The van der Waals surface area contributed by atoms with E-state index in [4.69, 9.17) is 19.9 Å². The largest absolute Gasteiger partial charge is 0.493 e. The van der Waals surface area contributed by atoms with Gasteiger partial charge in [-0.1, -0.05) is 25.2 Å². The van der Waals surface area contributed by atoms with Gasteiger partial charge in [-0.3, -0.25) is 4.79 Å². The topological polar surface area (TPSA) is 108 Å². The Bertz CT molecular complexity index is 795. The standard InChI is InChI=1S/C18H24N4O4S/c1-5-7-26-15-13(24-3)8-11(9-14(15)25-4)10-20-22-17(23)16-12(6-2)21-18(19)27-16/h8-10H,5-7H2,1-4H3,(H2,19,21)(H,22,23)/b20-10-. The van der Waals surface area contributed by atoms with E-state index in [-0.39, 0.29) is 5.91 Å². The van der Waals surface area contributed by atoms with Gasteiger partial charge in [-0.15, -0.1) is 0 Å². The van der Waals surface area contributed by atoms with Gasteiger partial charge in [0.15, 0.2) is 16.6 Å². The molecule has 2 aromatic rings. The molecule has 0 aliphatic heterocycles. The fourth-order valence-corrected chi connectivity index (χ4v) is 3.14. The molecule has 27 heavy (non-hydrogen) atoms. The second kappa shape index (κ2) is 9.77. The Balaban J connectivity index is 2.17. The Hall–Kier alpha value is -2.81. The zero-order valence-corrected chi connectivity index (χ0v) is 16.7. The van der Waals surface area contributed by atoms with E-state index in [1.165, 1.54) is 6.21 Å². The normalized spacial score (nSPS) is 10.8. The van der Waals surface area contributed by atoms with E-state index < -0.39 is 0 Å². The Morgan fingerprint density at radius 1 is 1.30 bits per heavy atom. The van der Waals surface area contributed by atoms with Gasteiger partial charge in [0, 0.05) is 5.56 Å². The van der Waals surface area contributed by atoms with Crippen LogP contribution >= 0.6 is 11.3 Å². The van der Waals surface area contributed by atoms with E-state index in [1.807, 2.05) is 13.8 Å². The second-order valence-electron chi connectivity index (χ2n) is 5.48. The van der Waals surface area contributed by atoms with Crippen LogP contribution in [0.3, 0.4) is 0 Å². The number of nitrogens with two attached hydrogens (primary N) is 1. The van der Waals surface area contributed by atoms with Crippen molar-refractivity contribution in [3.05, 3.63) is 28.3 Å². The summed E-state index contributed by atoms with van der Waals surface area (Å²) in [5.74, 6) is 1.24. The molecule has 3 N–H and O–H groups in total. The molecule has 146 valence electrons. The minimum atomic E-state index is -0.348. The van der Waals surface area contributed by atoms with Crippen LogP contribution in [0.5, 0.6) is 17.2 Å². The molecular formula is C18H24N4O4S. The molecule has 8 nitrogen and oxygen atoms in total. The molecule has 9 heteroatoms. The summed E-state index contributed by atoms with van der Waals surface area (Å²) < 4.78 is 16.5. The maximum absolute atomic E-state index is 12.3. The number of carbonyl (C=O) groups is 1.